The van der Waals surface area contributed by atoms with Crippen molar-refractivity contribution < 1.29 is 9.59 Å². The molecule has 0 atom stereocenters. The lowest BCUT2D eigenvalue weighted by atomic mass is 10.6. The average Bonchev–Trinajstić information content (AvgIpc) is 2.12. The molecule has 72 valence electrons. The molecule has 0 aliphatic rings. The SMILES string of the molecule is CSCCC=O.CSCCC=O. The summed E-state index contributed by atoms with van der Waals surface area (Å²) in [5, 5.41) is 0. The number of thioether (sulfide) groups is 2. The molecular formula is C8H16O2S2. The third kappa shape index (κ3) is 22.5. The molecule has 0 bridgehead atoms. The number of hydrogen-bond acceptors (Lipinski definition) is 4. The van der Waals surface area contributed by atoms with Gasteiger partial charge in [0.1, 0.15) is 12.6 Å². The maximum Gasteiger partial charge on any atom is 0.120 e. The Morgan fingerprint density at radius 2 is 1.25 bits per heavy atom. The number of rotatable bonds is 6. The van der Waals surface area contributed by atoms with Crippen molar-refractivity contribution in [3.05, 3.63) is 0 Å². The van der Waals surface area contributed by atoms with Gasteiger partial charge >= 0.3 is 0 Å². The average molecular weight is 208 g/mol. The van der Waals surface area contributed by atoms with Gasteiger partial charge in [-0.25, -0.2) is 0 Å². The van der Waals surface area contributed by atoms with Gasteiger partial charge in [0.2, 0.25) is 0 Å². The highest BCUT2D eigenvalue weighted by Gasteiger charge is 1.75. The molecular weight excluding hydrogens is 192 g/mol. The predicted octanol–water partition coefficient (Wildman–Crippen LogP) is 1.88. The van der Waals surface area contributed by atoms with E-state index >= 15 is 0 Å². The van der Waals surface area contributed by atoms with E-state index in [9.17, 15) is 9.59 Å². The molecule has 0 radical (unpaired) electrons. The Hall–Kier alpha value is 0.0400. The lowest BCUT2D eigenvalue weighted by Crippen LogP contribution is -1.75. The summed E-state index contributed by atoms with van der Waals surface area (Å²) in [5.74, 6) is 1.92. The van der Waals surface area contributed by atoms with Crippen molar-refractivity contribution in [1.29, 1.82) is 0 Å². The van der Waals surface area contributed by atoms with Crippen LogP contribution in [0.5, 0.6) is 0 Å². The normalized spacial score (nSPS) is 8.17. The smallest absolute Gasteiger partial charge is 0.120 e. The van der Waals surface area contributed by atoms with Gasteiger partial charge in [0, 0.05) is 12.8 Å². The van der Waals surface area contributed by atoms with E-state index in [1.165, 1.54) is 0 Å². The zero-order chi connectivity index (χ0) is 9.66. The first-order valence-corrected chi connectivity index (χ1v) is 6.47. The van der Waals surface area contributed by atoms with Gasteiger partial charge in [-0.1, -0.05) is 0 Å². The lowest BCUT2D eigenvalue weighted by Gasteiger charge is -1.79. The van der Waals surface area contributed by atoms with Crippen molar-refractivity contribution in [3.63, 3.8) is 0 Å². The summed E-state index contributed by atoms with van der Waals surface area (Å²) in [6.45, 7) is 0. The molecule has 0 saturated heterocycles. The summed E-state index contributed by atoms with van der Waals surface area (Å²) >= 11 is 3.39. The standard InChI is InChI=1S/2C4H8OS/c2*1-6-4-2-3-5/h2*3H,2,4H2,1H3. The van der Waals surface area contributed by atoms with Crippen LogP contribution in [-0.4, -0.2) is 36.6 Å². The van der Waals surface area contributed by atoms with E-state index in [4.69, 9.17) is 0 Å². The first-order valence-electron chi connectivity index (χ1n) is 3.68. The van der Waals surface area contributed by atoms with Gasteiger partial charge in [0.15, 0.2) is 0 Å². The predicted molar refractivity (Wildman–Crippen MR) is 58.1 cm³/mol. The second kappa shape index (κ2) is 17.2. The number of carbonyl (C=O) groups excluding carboxylic acids is 2. The Balaban J connectivity index is 0. The van der Waals surface area contributed by atoms with Crippen LogP contribution in [0, 0.1) is 0 Å². The van der Waals surface area contributed by atoms with Crippen LogP contribution in [0.25, 0.3) is 0 Å². The van der Waals surface area contributed by atoms with Crippen molar-refractivity contribution >= 4 is 36.1 Å². The summed E-state index contributed by atoms with van der Waals surface area (Å²) in [6, 6.07) is 0. The zero-order valence-electron chi connectivity index (χ0n) is 7.62. The van der Waals surface area contributed by atoms with Crippen molar-refractivity contribution in [3.8, 4) is 0 Å². The highest BCUT2D eigenvalue weighted by molar-refractivity contribution is 7.98. The molecule has 2 nitrogen and oxygen atoms in total. The van der Waals surface area contributed by atoms with Crippen LogP contribution in [0.15, 0.2) is 0 Å². The Morgan fingerprint density at radius 3 is 1.33 bits per heavy atom. The molecule has 4 heteroatoms. The summed E-state index contributed by atoms with van der Waals surface area (Å²) in [6.07, 6.45) is 7.25. The fourth-order valence-corrected chi connectivity index (χ4v) is 0.996. The minimum absolute atomic E-state index is 0.696. The summed E-state index contributed by atoms with van der Waals surface area (Å²) < 4.78 is 0. The highest BCUT2D eigenvalue weighted by atomic mass is 32.2. The van der Waals surface area contributed by atoms with Crippen LogP contribution < -0.4 is 0 Å². The van der Waals surface area contributed by atoms with Crippen molar-refractivity contribution in [1.82, 2.24) is 0 Å². The number of aldehydes is 2. The molecule has 0 fully saturated rings. The number of carbonyl (C=O) groups is 2. The monoisotopic (exact) mass is 208 g/mol. The molecule has 0 spiro atoms. The summed E-state index contributed by atoms with van der Waals surface area (Å²) in [4.78, 5) is 19.1. The van der Waals surface area contributed by atoms with Crippen molar-refractivity contribution in [2.45, 2.75) is 12.8 Å². The van der Waals surface area contributed by atoms with E-state index < -0.39 is 0 Å². The molecule has 0 aromatic rings. The van der Waals surface area contributed by atoms with E-state index in [0.29, 0.717) is 12.8 Å². The molecule has 0 unspecified atom stereocenters. The molecule has 0 saturated carbocycles. The van der Waals surface area contributed by atoms with E-state index in [1.807, 2.05) is 12.5 Å². The quantitative estimate of drug-likeness (QED) is 0.493. The van der Waals surface area contributed by atoms with E-state index in [-0.39, 0.29) is 0 Å². The Labute approximate surface area is 82.9 Å². The lowest BCUT2D eigenvalue weighted by molar-refractivity contribution is -0.108. The zero-order valence-corrected chi connectivity index (χ0v) is 9.25. The first-order chi connectivity index (χ1) is 5.83. The third-order valence-electron chi connectivity index (χ3n) is 0.880. The van der Waals surface area contributed by atoms with Gasteiger partial charge < -0.3 is 9.59 Å². The molecule has 0 aliphatic heterocycles. The molecule has 0 N–H and O–H groups in total. The second-order valence-electron chi connectivity index (χ2n) is 1.90. The molecule has 0 aromatic heterocycles. The van der Waals surface area contributed by atoms with Crippen LogP contribution in [0.3, 0.4) is 0 Å². The van der Waals surface area contributed by atoms with Crippen LogP contribution in [0.2, 0.25) is 0 Å². The van der Waals surface area contributed by atoms with E-state index in [2.05, 4.69) is 0 Å². The maximum atomic E-state index is 9.55. The van der Waals surface area contributed by atoms with Gasteiger partial charge in [-0.3, -0.25) is 0 Å². The Bertz CT molecular complexity index is 85.1. The van der Waals surface area contributed by atoms with Gasteiger partial charge in [0.25, 0.3) is 0 Å². The van der Waals surface area contributed by atoms with Crippen LogP contribution in [0.4, 0.5) is 0 Å². The van der Waals surface area contributed by atoms with Gasteiger partial charge in [-0.05, 0) is 24.0 Å². The highest BCUT2D eigenvalue weighted by Crippen LogP contribution is 1.90. The Morgan fingerprint density at radius 1 is 0.917 bits per heavy atom. The van der Waals surface area contributed by atoms with Crippen LogP contribution in [0.1, 0.15) is 12.8 Å². The minimum Gasteiger partial charge on any atom is -0.303 e. The summed E-state index contributed by atoms with van der Waals surface area (Å²) in [7, 11) is 0. The van der Waals surface area contributed by atoms with E-state index in [1.54, 1.807) is 23.5 Å². The molecule has 12 heavy (non-hydrogen) atoms. The van der Waals surface area contributed by atoms with Gasteiger partial charge in [-0.15, -0.1) is 0 Å². The second-order valence-corrected chi connectivity index (χ2v) is 3.87. The van der Waals surface area contributed by atoms with Gasteiger partial charge in [-0.2, -0.15) is 23.5 Å². The molecule has 0 amide bonds. The van der Waals surface area contributed by atoms with Crippen molar-refractivity contribution in [2.24, 2.45) is 0 Å². The third-order valence-corrected chi connectivity index (χ3v) is 2.17. The molecule has 0 rings (SSSR count). The van der Waals surface area contributed by atoms with Crippen LogP contribution >= 0.6 is 23.5 Å². The number of hydrogen-bond donors (Lipinski definition) is 0. The Kier molecular flexibility index (Phi) is 20.9. The largest absolute Gasteiger partial charge is 0.303 e. The molecule has 0 aromatic carbocycles. The fourth-order valence-electron chi connectivity index (χ4n) is 0.332. The van der Waals surface area contributed by atoms with Gasteiger partial charge in [0.05, 0.1) is 0 Å². The fraction of sp³-hybridized carbons (Fsp3) is 0.750. The minimum atomic E-state index is 0.696. The first kappa shape index (κ1) is 14.6. The molecule has 0 heterocycles. The van der Waals surface area contributed by atoms with Crippen LogP contribution in [-0.2, 0) is 9.59 Å². The maximum absolute atomic E-state index is 9.55. The van der Waals surface area contributed by atoms with Crippen molar-refractivity contribution in [2.75, 3.05) is 24.0 Å². The summed E-state index contributed by atoms with van der Waals surface area (Å²) in [5.41, 5.74) is 0. The topological polar surface area (TPSA) is 34.1 Å². The molecule has 0 aliphatic carbocycles. The van der Waals surface area contributed by atoms with E-state index in [0.717, 1.165) is 24.1 Å².